The number of aryl methyl sites for hydroxylation is 1. The van der Waals surface area contributed by atoms with E-state index in [-0.39, 0.29) is 0 Å². The van der Waals surface area contributed by atoms with Gasteiger partial charge in [-0.1, -0.05) is 6.92 Å². The minimum absolute atomic E-state index is 0.644. The molecule has 0 amide bonds. The van der Waals surface area contributed by atoms with E-state index in [1.165, 1.54) is 31.5 Å². The van der Waals surface area contributed by atoms with E-state index < -0.39 is 0 Å². The van der Waals surface area contributed by atoms with Crippen LogP contribution in [0.1, 0.15) is 25.3 Å². The summed E-state index contributed by atoms with van der Waals surface area (Å²) in [7, 11) is 4.38. The van der Waals surface area contributed by atoms with Crippen molar-refractivity contribution < 1.29 is 0 Å². The molecule has 0 spiro atoms. The molecule has 3 nitrogen and oxygen atoms in total. The fraction of sp³-hybridized carbons (Fsp3) is 0.643. The maximum Gasteiger partial charge on any atom is 0.128 e. The quantitative estimate of drug-likeness (QED) is 0.797. The average Bonchev–Trinajstić information content (AvgIpc) is 2.39. The summed E-state index contributed by atoms with van der Waals surface area (Å²) in [4.78, 5) is 9.25. The number of likely N-dealkylation sites (tertiary alicyclic amines) is 1. The first-order valence-electron chi connectivity index (χ1n) is 6.57. The van der Waals surface area contributed by atoms with Crippen LogP contribution >= 0.6 is 0 Å². The van der Waals surface area contributed by atoms with Crippen molar-refractivity contribution in [2.24, 2.45) is 0 Å². The summed E-state index contributed by atoms with van der Waals surface area (Å²) in [5.41, 5.74) is 1.37. The summed E-state index contributed by atoms with van der Waals surface area (Å²) < 4.78 is 0. The second kappa shape index (κ2) is 5.50. The van der Waals surface area contributed by atoms with Gasteiger partial charge >= 0.3 is 0 Å². The van der Waals surface area contributed by atoms with Gasteiger partial charge in [0.15, 0.2) is 0 Å². The molecule has 1 aromatic rings. The molecule has 1 aromatic heterocycles. The Labute approximate surface area is 104 Å². The van der Waals surface area contributed by atoms with Crippen molar-refractivity contribution in [3.63, 3.8) is 0 Å². The minimum Gasteiger partial charge on any atom is -0.357 e. The lowest BCUT2D eigenvalue weighted by Gasteiger charge is -2.35. The van der Waals surface area contributed by atoms with Crippen molar-refractivity contribution >= 4 is 5.82 Å². The number of hydrogen-bond donors (Lipinski definition) is 0. The molecule has 1 aliphatic rings. The molecule has 0 radical (unpaired) electrons. The van der Waals surface area contributed by atoms with E-state index in [0.717, 1.165) is 12.2 Å². The molecule has 1 aliphatic heterocycles. The number of hydrogen-bond acceptors (Lipinski definition) is 3. The molecule has 2 rings (SSSR count). The van der Waals surface area contributed by atoms with Crippen LogP contribution in [0.15, 0.2) is 18.3 Å². The monoisotopic (exact) mass is 233 g/mol. The molecule has 0 saturated carbocycles. The Bertz CT molecular complexity index is 356. The smallest absolute Gasteiger partial charge is 0.128 e. The van der Waals surface area contributed by atoms with E-state index in [9.17, 15) is 0 Å². The Morgan fingerprint density at radius 2 is 2.12 bits per heavy atom. The van der Waals surface area contributed by atoms with Crippen molar-refractivity contribution in [1.82, 2.24) is 9.88 Å². The van der Waals surface area contributed by atoms with E-state index in [2.05, 4.69) is 47.9 Å². The van der Waals surface area contributed by atoms with Gasteiger partial charge in [0, 0.05) is 19.3 Å². The van der Waals surface area contributed by atoms with Crippen LogP contribution in [0.4, 0.5) is 5.82 Å². The van der Waals surface area contributed by atoms with Crippen LogP contribution in [0.5, 0.6) is 0 Å². The molecule has 17 heavy (non-hydrogen) atoms. The van der Waals surface area contributed by atoms with Crippen LogP contribution in [-0.4, -0.2) is 43.1 Å². The summed E-state index contributed by atoms with van der Waals surface area (Å²) >= 11 is 0. The molecule has 1 fully saturated rings. The van der Waals surface area contributed by atoms with Crippen molar-refractivity contribution in [2.45, 2.75) is 32.2 Å². The van der Waals surface area contributed by atoms with Crippen LogP contribution in [0, 0.1) is 0 Å². The lowest BCUT2D eigenvalue weighted by atomic mass is 10.0. The fourth-order valence-corrected chi connectivity index (χ4v) is 2.44. The summed E-state index contributed by atoms with van der Waals surface area (Å²) in [6.45, 7) is 4.58. The van der Waals surface area contributed by atoms with Gasteiger partial charge in [0.2, 0.25) is 0 Å². The summed E-state index contributed by atoms with van der Waals surface area (Å²) in [6, 6.07) is 4.97. The van der Waals surface area contributed by atoms with Crippen molar-refractivity contribution in [3.8, 4) is 0 Å². The highest BCUT2D eigenvalue weighted by Gasteiger charge is 2.21. The van der Waals surface area contributed by atoms with Gasteiger partial charge in [-0.25, -0.2) is 4.98 Å². The van der Waals surface area contributed by atoms with Crippen molar-refractivity contribution in [2.75, 3.05) is 32.1 Å². The highest BCUT2D eigenvalue weighted by molar-refractivity contribution is 5.41. The van der Waals surface area contributed by atoms with Crippen LogP contribution in [-0.2, 0) is 6.42 Å². The third-order valence-electron chi connectivity index (χ3n) is 3.82. The first-order chi connectivity index (χ1) is 8.20. The number of rotatable bonds is 3. The fourth-order valence-electron chi connectivity index (χ4n) is 2.44. The number of piperidine rings is 1. The van der Waals surface area contributed by atoms with Gasteiger partial charge in [0.1, 0.15) is 5.82 Å². The Balaban J connectivity index is 2.05. The second-order valence-corrected chi connectivity index (χ2v) is 5.02. The third-order valence-corrected chi connectivity index (χ3v) is 3.82. The number of anilines is 1. The van der Waals surface area contributed by atoms with Gasteiger partial charge < -0.3 is 9.80 Å². The number of aromatic nitrogens is 1. The summed E-state index contributed by atoms with van der Waals surface area (Å²) in [5, 5.41) is 0. The van der Waals surface area contributed by atoms with Crippen LogP contribution in [0.3, 0.4) is 0 Å². The molecule has 0 atom stereocenters. The van der Waals surface area contributed by atoms with Crippen molar-refractivity contribution in [1.29, 1.82) is 0 Å². The first kappa shape index (κ1) is 12.4. The predicted molar refractivity (Wildman–Crippen MR) is 72.5 cm³/mol. The molecule has 3 heteroatoms. The number of pyridine rings is 1. The molecular formula is C14H23N3. The number of nitrogens with zero attached hydrogens (tertiary/aromatic N) is 3. The van der Waals surface area contributed by atoms with Crippen LogP contribution in [0.2, 0.25) is 0 Å². The van der Waals surface area contributed by atoms with Crippen LogP contribution in [0.25, 0.3) is 0 Å². The van der Waals surface area contributed by atoms with E-state index >= 15 is 0 Å². The average molecular weight is 233 g/mol. The molecule has 1 saturated heterocycles. The minimum atomic E-state index is 0.644. The van der Waals surface area contributed by atoms with Gasteiger partial charge in [0.25, 0.3) is 0 Å². The van der Waals surface area contributed by atoms with E-state index in [0.29, 0.717) is 6.04 Å². The van der Waals surface area contributed by atoms with E-state index in [1.807, 2.05) is 6.20 Å². The van der Waals surface area contributed by atoms with Gasteiger partial charge in [-0.15, -0.1) is 0 Å². The maximum atomic E-state index is 4.49. The van der Waals surface area contributed by atoms with Crippen molar-refractivity contribution in [3.05, 3.63) is 23.9 Å². The first-order valence-corrected chi connectivity index (χ1v) is 6.57. The standard InChI is InChI=1S/C14H23N3/c1-4-12-5-8-15-14(11-12)17(3)13-6-9-16(2)10-7-13/h5,8,11,13H,4,6-7,9-10H2,1-3H3. The van der Waals surface area contributed by atoms with Crippen LogP contribution < -0.4 is 4.90 Å². The molecule has 0 bridgehead atoms. The highest BCUT2D eigenvalue weighted by Crippen LogP contribution is 2.20. The van der Waals surface area contributed by atoms with Gasteiger partial charge in [-0.2, -0.15) is 0 Å². The zero-order chi connectivity index (χ0) is 12.3. The van der Waals surface area contributed by atoms with Gasteiger partial charge in [-0.05, 0) is 57.1 Å². The summed E-state index contributed by atoms with van der Waals surface area (Å²) in [5.74, 6) is 1.12. The predicted octanol–water partition coefficient (Wildman–Crippen LogP) is 2.17. The Morgan fingerprint density at radius 3 is 2.76 bits per heavy atom. The largest absolute Gasteiger partial charge is 0.357 e. The molecule has 0 aromatic carbocycles. The molecule has 0 aliphatic carbocycles. The molecule has 94 valence electrons. The lowest BCUT2D eigenvalue weighted by Crippen LogP contribution is -2.42. The molecule has 0 unspecified atom stereocenters. The molecule has 2 heterocycles. The highest BCUT2D eigenvalue weighted by atomic mass is 15.2. The normalized spacial score (nSPS) is 18.3. The van der Waals surface area contributed by atoms with Gasteiger partial charge in [-0.3, -0.25) is 0 Å². The second-order valence-electron chi connectivity index (χ2n) is 5.02. The van der Waals surface area contributed by atoms with E-state index in [1.54, 1.807) is 0 Å². The Morgan fingerprint density at radius 1 is 1.41 bits per heavy atom. The molecular weight excluding hydrogens is 210 g/mol. The molecule has 0 N–H and O–H groups in total. The lowest BCUT2D eigenvalue weighted by molar-refractivity contribution is 0.252. The maximum absolute atomic E-state index is 4.49. The summed E-state index contributed by atoms with van der Waals surface area (Å²) in [6.07, 6.45) is 5.49. The van der Waals surface area contributed by atoms with E-state index in [4.69, 9.17) is 0 Å². The SMILES string of the molecule is CCc1ccnc(N(C)C2CCN(C)CC2)c1. The zero-order valence-corrected chi connectivity index (χ0v) is 11.2. The topological polar surface area (TPSA) is 19.4 Å². The Hall–Kier alpha value is -1.09. The Kier molecular flexibility index (Phi) is 4.00. The third kappa shape index (κ3) is 2.97. The van der Waals surface area contributed by atoms with Gasteiger partial charge in [0.05, 0.1) is 0 Å². The zero-order valence-electron chi connectivity index (χ0n) is 11.2.